The molecule has 0 aliphatic carbocycles. The number of pyridine rings is 1. The number of carbonyl (C=O) groups is 2. The van der Waals surface area contributed by atoms with Crippen molar-refractivity contribution in [3.05, 3.63) is 94.9 Å². The van der Waals surface area contributed by atoms with E-state index in [1.807, 2.05) is 53.9 Å². The molecule has 3 heterocycles. The molecule has 7 nitrogen and oxygen atoms in total. The van der Waals surface area contributed by atoms with Crippen molar-refractivity contribution in [2.75, 3.05) is 10.6 Å². The first-order valence-corrected chi connectivity index (χ1v) is 10.7. The van der Waals surface area contributed by atoms with E-state index in [0.717, 1.165) is 16.6 Å². The monoisotopic (exact) mass is 439 g/mol. The number of benzene rings is 2. The van der Waals surface area contributed by atoms with E-state index in [1.165, 1.54) is 17.5 Å². The Morgan fingerprint density at radius 1 is 0.875 bits per heavy atom. The molecule has 0 saturated carbocycles. The molecule has 5 aromatic rings. The van der Waals surface area contributed by atoms with Crippen molar-refractivity contribution >= 4 is 45.6 Å². The highest BCUT2D eigenvalue weighted by atomic mass is 32.1. The number of imidazole rings is 1. The van der Waals surface area contributed by atoms with Gasteiger partial charge in [-0.1, -0.05) is 6.07 Å². The second-order valence-corrected chi connectivity index (χ2v) is 7.97. The summed E-state index contributed by atoms with van der Waals surface area (Å²) in [7, 11) is 0. The lowest BCUT2D eigenvalue weighted by Gasteiger charge is -2.05. The predicted octanol–water partition coefficient (Wildman–Crippen LogP) is 5.19. The zero-order valence-electron chi connectivity index (χ0n) is 16.7. The standard InChI is InChI=1S/C24H17N5O2S/c30-23(16-3-1-11-25-14-16)26-17-7-5-15(6-8-17)22-28-19-10-9-18(13-20(19)29-22)27-24(31)21-4-2-12-32-21/h1-14H,(H,26,30)(H,27,31)(H,28,29). The third-order valence-corrected chi connectivity index (χ3v) is 5.69. The number of nitrogens with zero attached hydrogens (tertiary/aromatic N) is 2. The van der Waals surface area contributed by atoms with Crippen molar-refractivity contribution in [3.8, 4) is 11.4 Å². The van der Waals surface area contributed by atoms with Gasteiger partial charge in [0.05, 0.1) is 21.5 Å². The Morgan fingerprint density at radius 3 is 2.44 bits per heavy atom. The average Bonchev–Trinajstić information content (AvgIpc) is 3.50. The van der Waals surface area contributed by atoms with E-state index in [1.54, 1.807) is 24.4 Å². The van der Waals surface area contributed by atoms with Crippen molar-refractivity contribution in [1.82, 2.24) is 15.0 Å². The summed E-state index contributed by atoms with van der Waals surface area (Å²) in [5.74, 6) is 0.349. The van der Waals surface area contributed by atoms with Gasteiger partial charge in [0.15, 0.2) is 0 Å². The van der Waals surface area contributed by atoms with Crippen molar-refractivity contribution in [1.29, 1.82) is 0 Å². The second-order valence-electron chi connectivity index (χ2n) is 7.02. The molecule has 3 N–H and O–H groups in total. The number of rotatable bonds is 5. The van der Waals surface area contributed by atoms with Crippen molar-refractivity contribution in [3.63, 3.8) is 0 Å². The van der Waals surface area contributed by atoms with Gasteiger partial charge in [0, 0.05) is 29.3 Å². The molecule has 0 aliphatic heterocycles. The highest BCUT2D eigenvalue weighted by Gasteiger charge is 2.10. The number of aromatic nitrogens is 3. The minimum Gasteiger partial charge on any atom is -0.338 e. The van der Waals surface area contributed by atoms with Crippen LogP contribution in [0.25, 0.3) is 22.4 Å². The molecule has 0 radical (unpaired) electrons. The van der Waals surface area contributed by atoms with Gasteiger partial charge in [-0.15, -0.1) is 11.3 Å². The van der Waals surface area contributed by atoms with Gasteiger partial charge < -0.3 is 15.6 Å². The molecule has 2 amide bonds. The van der Waals surface area contributed by atoms with E-state index in [0.29, 0.717) is 27.6 Å². The van der Waals surface area contributed by atoms with Crippen molar-refractivity contribution in [2.45, 2.75) is 0 Å². The SMILES string of the molecule is O=C(Nc1ccc(-c2nc3ccc(NC(=O)c4cccs4)cc3[nH]2)cc1)c1cccnc1. The lowest BCUT2D eigenvalue weighted by atomic mass is 10.2. The van der Waals surface area contributed by atoms with Crippen LogP contribution in [0.5, 0.6) is 0 Å². The molecule has 156 valence electrons. The molecule has 32 heavy (non-hydrogen) atoms. The number of hydrogen-bond donors (Lipinski definition) is 3. The lowest BCUT2D eigenvalue weighted by Crippen LogP contribution is -2.11. The Morgan fingerprint density at radius 2 is 1.69 bits per heavy atom. The van der Waals surface area contributed by atoms with Gasteiger partial charge in [0.1, 0.15) is 5.82 Å². The van der Waals surface area contributed by atoms with E-state index in [-0.39, 0.29) is 11.8 Å². The highest BCUT2D eigenvalue weighted by molar-refractivity contribution is 7.12. The number of nitrogens with one attached hydrogen (secondary N) is 3. The average molecular weight is 440 g/mol. The van der Waals surface area contributed by atoms with Gasteiger partial charge in [-0.3, -0.25) is 14.6 Å². The lowest BCUT2D eigenvalue weighted by molar-refractivity contribution is 0.102. The summed E-state index contributed by atoms with van der Waals surface area (Å²) in [6.45, 7) is 0. The Kier molecular flexibility index (Phi) is 5.19. The summed E-state index contributed by atoms with van der Waals surface area (Å²) in [6.07, 6.45) is 3.15. The maximum absolute atomic E-state index is 12.3. The number of anilines is 2. The molecule has 5 rings (SSSR count). The van der Waals surface area contributed by atoms with Gasteiger partial charge in [0.2, 0.25) is 0 Å². The van der Waals surface area contributed by atoms with Crippen LogP contribution in [0.1, 0.15) is 20.0 Å². The highest BCUT2D eigenvalue weighted by Crippen LogP contribution is 2.25. The van der Waals surface area contributed by atoms with Gasteiger partial charge in [0.25, 0.3) is 11.8 Å². The van der Waals surface area contributed by atoms with E-state index in [4.69, 9.17) is 0 Å². The Labute approximate surface area is 187 Å². The van der Waals surface area contributed by atoms with E-state index in [2.05, 4.69) is 25.6 Å². The van der Waals surface area contributed by atoms with E-state index in [9.17, 15) is 9.59 Å². The maximum Gasteiger partial charge on any atom is 0.265 e. The van der Waals surface area contributed by atoms with Crippen LogP contribution in [0.15, 0.2) is 84.5 Å². The Balaban J connectivity index is 1.32. The second kappa shape index (κ2) is 8.44. The molecular weight excluding hydrogens is 422 g/mol. The summed E-state index contributed by atoms with van der Waals surface area (Å²) >= 11 is 1.40. The van der Waals surface area contributed by atoms with Crippen LogP contribution >= 0.6 is 11.3 Å². The molecule has 0 fully saturated rings. The quantitative estimate of drug-likeness (QED) is 0.351. The van der Waals surface area contributed by atoms with E-state index >= 15 is 0 Å². The maximum atomic E-state index is 12.3. The summed E-state index contributed by atoms with van der Waals surface area (Å²) < 4.78 is 0. The number of H-pyrrole nitrogens is 1. The van der Waals surface area contributed by atoms with Crippen LogP contribution < -0.4 is 10.6 Å². The van der Waals surface area contributed by atoms with Crippen molar-refractivity contribution < 1.29 is 9.59 Å². The molecule has 0 spiro atoms. The number of amides is 2. The van der Waals surface area contributed by atoms with Gasteiger partial charge in [-0.25, -0.2) is 4.98 Å². The topological polar surface area (TPSA) is 99.8 Å². The summed E-state index contributed by atoms with van der Waals surface area (Å²) in [5, 5.41) is 7.63. The zero-order chi connectivity index (χ0) is 21.9. The van der Waals surface area contributed by atoms with Crippen LogP contribution in [0.2, 0.25) is 0 Å². The first-order valence-electron chi connectivity index (χ1n) is 9.82. The predicted molar refractivity (Wildman–Crippen MR) is 126 cm³/mol. The van der Waals surface area contributed by atoms with Gasteiger partial charge in [-0.05, 0) is 66.0 Å². The first kappa shape index (κ1) is 19.7. The van der Waals surface area contributed by atoms with Crippen LogP contribution in [0.3, 0.4) is 0 Å². The Hall–Kier alpha value is -4.30. The number of aromatic amines is 1. The fourth-order valence-corrected chi connectivity index (χ4v) is 3.86. The molecule has 2 aromatic carbocycles. The fourth-order valence-electron chi connectivity index (χ4n) is 3.24. The fraction of sp³-hybridized carbons (Fsp3) is 0. The molecule has 0 atom stereocenters. The summed E-state index contributed by atoms with van der Waals surface area (Å²) in [6, 6.07) is 20.0. The minimum atomic E-state index is -0.216. The number of hydrogen-bond acceptors (Lipinski definition) is 5. The molecule has 0 saturated heterocycles. The Bertz CT molecular complexity index is 1390. The van der Waals surface area contributed by atoms with E-state index < -0.39 is 0 Å². The molecule has 8 heteroatoms. The summed E-state index contributed by atoms with van der Waals surface area (Å²) in [5.41, 5.74) is 4.36. The molecule has 0 aliphatic rings. The number of thiophene rings is 1. The first-order chi connectivity index (χ1) is 15.7. The molecule has 0 unspecified atom stereocenters. The van der Waals surface area contributed by atoms with Gasteiger partial charge in [-0.2, -0.15) is 0 Å². The number of carbonyl (C=O) groups excluding carboxylic acids is 2. The van der Waals surface area contributed by atoms with Gasteiger partial charge >= 0.3 is 0 Å². The molecule has 3 aromatic heterocycles. The molecular formula is C24H17N5O2S. The number of fused-ring (bicyclic) bond motifs is 1. The van der Waals surface area contributed by atoms with Crippen LogP contribution in [0.4, 0.5) is 11.4 Å². The normalized spacial score (nSPS) is 10.8. The van der Waals surface area contributed by atoms with Crippen LogP contribution in [-0.4, -0.2) is 26.8 Å². The largest absolute Gasteiger partial charge is 0.338 e. The third-order valence-electron chi connectivity index (χ3n) is 4.82. The minimum absolute atomic E-state index is 0.136. The molecule has 0 bridgehead atoms. The third kappa shape index (κ3) is 4.12. The zero-order valence-corrected chi connectivity index (χ0v) is 17.5. The smallest absolute Gasteiger partial charge is 0.265 e. The van der Waals surface area contributed by atoms with Crippen LogP contribution in [0, 0.1) is 0 Å². The van der Waals surface area contributed by atoms with Crippen molar-refractivity contribution in [2.24, 2.45) is 0 Å². The van der Waals surface area contributed by atoms with Crippen LogP contribution in [-0.2, 0) is 0 Å². The summed E-state index contributed by atoms with van der Waals surface area (Å²) in [4.78, 5) is 37.1.